The third-order valence-electron chi connectivity index (χ3n) is 2.60. The van der Waals surface area contributed by atoms with Crippen LogP contribution in [0.3, 0.4) is 0 Å². The highest BCUT2D eigenvalue weighted by Gasteiger charge is 2.09. The molecule has 3 N–H and O–H groups in total. The van der Waals surface area contributed by atoms with Crippen LogP contribution in [-0.2, 0) is 0 Å². The van der Waals surface area contributed by atoms with Gasteiger partial charge in [0, 0.05) is 5.56 Å². The maximum Gasteiger partial charge on any atom is 0.170 e. The average molecular weight is 266 g/mol. The SMILES string of the molecule is CCOc1cc(/C(N)=N/O)ccc1OCCC(C)C. The number of nitrogens with two attached hydrogens (primary N) is 1. The van der Waals surface area contributed by atoms with Crippen LogP contribution in [0.2, 0.25) is 0 Å². The summed E-state index contributed by atoms with van der Waals surface area (Å²) in [4.78, 5) is 0. The van der Waals surface area contributed by atoms with Crippen molar-refractivity contribution in [2.24, 2.45) is 16.8 Å². The lowest BCUT2D eigenvalue weighted by atomic mass is 10.1. The Morgan fingerprint density at radius 2 is 2.05 bits per heavy atom. The number of rotatable bonds is 7. The molecule has 5 heteroatoms. The van der Waals surface area contributed by atoms with Crippen molar-refractivity contribution in [3.63, 3.8) is 0 Å². The summed E-state index contributed by atoms with van der Waals surface area (Å²) in [6.45, 7) is 7.36. The normalized spacial score (nSPS) is 11.7. The molecular weight excluding hydrogens is 244 g/mol. The third kappa shape index (κ3) is 4.69. The lowest BCUT2D eigenvalue weighted by Gasteiger charge is -2.13. The van der Waals surface area contributed by atoms with Gasteiger partial charge in [-0.3, -0.25) is 0 Å². The molecule has 0 spiro atoms. The number of ether oxygens (including phenoxy) is 2. The fourth-order valence-electron chi connectivity index (χ4n) is 1.52. The summed E-state index contributed by atoms with van der Waals surface area (Å²) in [5, 5.41) is 11.6. The van der Waals surface area contributed by atoms with Crippen LogP contribution in [0, 0.1) is 5.92 Å². The van der Waals surface area contributed by atoms with E-state index < -0.39 is 0 Å². The Labute approximate surface area is 114 Å². The summed E-state index contributed by atoms with van der Waals surface area (Å²) in [5.41, 5.74) is 6.15. The molecule has 19 heavy (non-hydrogen) atoms. The highest BCUT2D eigenvalue weighted by atomic mass is 16.5. The van der Waals surface area contributed by atoms with Gasteiger partial charge in [0.05, 0.1) is 13.2 Å². The van der Waals surface area contributed by atoms with E-state index in [9.17, 15) is 0 Å². The van der Waals surface area contributed by atoms with Crippen molar-refractivity contribution in [1.29, 1.82) is 0 Å². The summed E-state index contributed by atoms with van der Waals surface area (Å²) in [7, 11) is 0. The minimum absolute atomic E-state index is 0.0506. The van der Waals surface area contributed by atoms with Crippen LogP contribution in [0.1, 0.15) is 32.8 Å². The Hall–Kier alpha value is -1.91. The second-order valence-corrected chi connectivity index (χ2v) is 4.61. The first kappa shape index (κ1) is 15.1. The molecule has 0 aliphatic carbocycles. The van der Waals surface area contributed by atoms with Crippen molar-refractivity contribution < 1.29 is 14.7 Å². The van der Waals surface area contributed by atoms with E-state index in [1.54, 1.807) is 18.2 Å². The van der Waals surface area contributed by atoms with Gasteiger partial charge in [-0.2, -0.15) is 0 Å². The minimum Gasteiger partial charge on any atom is -0.490 e. The largest absolute Gasteiger partial charge is 0.490 e. The fraction of sp³-hybridized carbons (Fsp3) is 0.500. The van der Waals surface area contributed by atoms with E-state index in [-0.39, 0.29) is 5.84 Å². The van der Waals surface area contributed by atoms with Gasteiger partial charge in [-0.05, 0) is 37.5 Å². The molecule has 0 aromatic heterocycles. The van der Waals surface area contributed by atoms with Crippen molar-refractivity contribution in [2.45, 2.75) is 27.2 Å². The smallest absolute Gasteiger partial charge is 0.170 e. The molecule has 1 rings (SSSR count). The molecule has 0 aliphatic heterocycles. The van der Waals surface area contributed by atoms with Crippen molar-refractivity contribution in [2.75, 3.05) is 13.2 Å². The van der Waals surface area contributed by atoms with Crippen LogP contribution in [0.5, 0.6) is 11.5 Å². The molecule has 0 fully saturated rings. The Morgan fingerprint density at radius 3 is 2.63 bits per heavy atom. The maximum absolute atomic E-state index is 8.67. The molecule has 0 aliphatic rings. The Kier molecular flexibility index (Phi) is 5.99. The van der Waals surface area contributed by atoms with Crippen LogP contribution < -0.4 is 15.2 Å². The molecule has 1 aromatic carbocycles. The predicted molar refractivity (Wildman–Crippen MR) is 75.1 cm³/mol. The number of nitrogens with zero attached hydrogens (tertiary/aromatic N) is 1. The third-order valence-corrected chi connectivity index (χ3v) is 2.60. The summed E-state index contributed by atoms with van der Waals surface area (Å²) in [5.74, 6) is 1.93. The summed E-state index contributed by atoms with van der Waals surface area (Å²) in [6, 6.07) is 5.23. The number of benzene rings is 1. The number of amidine groups is 1. The zero-order chi connectivity index (χ0) is 14.3. The fourth-order valence-corrected chi connectivity index (χ4v) is 1.52. The van der Waals surface area contributed by atoms with E-state index in [1.807, 2.05) is 6.92 Å². The maximum atomic E-state index is 8.67. The van der Waals surface area contributed by atoms with Gasteiger partial charge in [0.25, 0.3) is 0 Å². The van der Waals surface area contributed by atoms with Gasteiger partial charge in [0.1, 0.15) is 0 Å². The van der Waals surface area contributed by atoms with Crippen molar-refractivity contribution in [3.05, 3.63) is 23.8 Å². The topological polar surface area (TPSA) is 77.1 Å². The molecule has 1 aromatic rings. The van der Waals surface area contributed by atoms with Crippen LogP contribution in [0.25, 0.3) is 0 Å². The Balaban J connectivity index is 2.85. The standard InChI is InChI=1S/C14H22N2O3/c1-4-18-13-9-11(14(15)16-17)5-6-12(13)19-8-7-10(2)3/h5-6,9-10,17H,4,7-8H2,1-3H3,(H2,15,16). The van der Waals surface area contributed by atoms with Crippen LogP contribution in [0.4, 0.5) is 0 Å². The van der Waals surface area contributed by atoms with Gasteiger partial charge in [0.15, 0.2) is 17.3 Å². The van der Waals surface area contributed by atoms with Crippen molar-refractivity contribution in [1.82, 2.24) is 0 Å². The summed E-state index contributed by atoms with van der Waals surface area (Å²) < 4.78 is 11.2. The second-order valence-electron chi connectivity index (χ2n) is 4.61. The molecule has 0 heterocycles. The van der Waals surface area contributed by atoms with E-state index in [2.05, 4.69) is 19.0 Å². The lowest BCUT2D eigenvalue weighted by Crippen LogP contribution is -2.13. The minimum atomic E-state index is 0.0506. The van der Waals surface area contributed by atoms with Gasteiger partial charge in [-0.1, -0.05) is 19.0 Å². The molecule has 5 nitrogen and oxygen atoms in total. The molecule has 0 bridgehead atoms. The number of oxime groups is 1. The Morgan fingerprint density at radius 1 is 1.32 bits per heavy atom. The van der Waals surface area contributed by atoms with Gasteiger partial charge in [0.2, 0.25) is 0 Å². The van der Waals surface area contributed by atoms with E-state index >= 15 is 0 Å². The lowest BCUT2D eigenvalue weighted by molar-refractivity contribution is 0.261. The molecule has 0 radical (unpaired) electrons. The average Bonchev–Trinajstić information content (AvgIpc) is 2.39. The van der Waals surface area contributed by atoms with Gasteiger partial charge in [-0.15, -0.1) is 0 Å². The van der Waals surface area contributed by atoms with Gasteiger partial charge >= 0.3 is 0 Å². The van der Waals surface area contributed by atoms with E-state index in [0.29, 0.717) is 36.2 Å². The Bertz CT molecular complexity index is 431. The van der Waals surface area contributed by atoms with Crippen LogP contribution in [0.15, 0.2) is 23.4 Å². The van der Waals surface area contributed by atoms with E-state index in [4.69, 9.17) is 20.4 Å². The molecule has 0 atom stereocenters. The van der Waals surface area contributed by atoms with Gasteiger partial charge in [-0.25, -0.2) is 0 Å². The first-order chi connectivity index (χ1) is 9.08. The zero-order valence-electron chi connectivity index (χ0n) is 11.7. The van der Waals surface area contributed by atoms with Crippen molar-refractivity contribution in [3.8, 4) is 11.5 Å². The van der Waals surface area contributed by atoms with Crippen molar-refractivity contribution >= 4 is 5.84 Å². The highest BCUT2D eigenvalue weighted by molar-refractivity contribution is 5.97. The first-order valence-corrected chi connectivity index (χ1v) is 6.46. The predicted octanol–water partition coefficient (Wildman–Crippen LogP) is 2.60. The quantitative estimate of drug-likeness (QED) is 0.344. The summed E-state index contributed by atoms with van der Waals surface area (Å²) >= 11 is 0. The molecule has 0 unspecified atom stereocenters. The first-order valence-electron chi connectivity index (χ1n) is 6.46. The van der Waals surface area contributed by atoms with E-state index in [0.717, 1.165) is 6.42 Å². The zero-order valence-corrected chi connectivity index (χ0v) is 11.7. The number of hydrogen-bond acceptors (Lipinski definition) is 4. The highest BCUT2D eigenvalue weighted by Crippen LogP contribution is 2.28. The van der Waals surface area contributed by atoms with E-state index in [1.165, 1.54) is 0 Å². The second kappa shape index (κ2) is 7.51. The molecule has 0 saturated carbocycles. The number of hydrogen-bond donors (Lipinski definition) is 2. The molecule has 0 amide bonds. The monoisotopic (exact) mass is 266 g/mol. The van der Waals surface area contributed by atoms with Crippen LogP contribution in [-0.4, -0.2) is 24.3 Å². The van der Waals surface area contributed by atoms with Gasteiger partial charge < -0.3 is 20.4 Å². The van der Waals surface area contributed by atoms with Crippen LogP contribution >= 0.6 is 0 Å². The summed E-state index contributed by atoms with van der Waals surface area (Å²) in [6.07, 6.45) is 0.980. The molecular formula is C14H22N2O3. The molecule has 106 valence electrons. The molecule has 0 saturated heterocycles.